The van der Waals surface area contributed by atoms with E-state index in [1.54, 1.807) is 0 Å². The van der Waals surface area contributed by atoms with Gasteiger partial charge in [0, 0.05) is 11.3 Å². The summed E-state index contributed by atoms with van der Waals surface area (Å²) in [6, 6.07) is 21.2. The van der Waals surface area contributed by atoms with Crippen LogP contribution in [0.2, 0.25) is 0 Å². The van der Waals surface area contributed by atoms with Gasteiger partial charge in [-0.3, -0.25) is 4.98 Å². The van der Waals surface area contributed by atoms with E-state index in [1.165, 1.54) is 27.8 Å². The van der Waals surface area contributed by atoms with Crippen LogP contribution in [0.15, 0.2) is 60.7 Å². The minimum Gasteiger partial charge on any atom is -0.253 e. The predicted octanol–water partition coefficient (Wildman–Crippen LogP) is 5.34. The Hall–Kier alpha value is -2.41. The van der Waals surface area contributed by atoms with Crippen LogP contribution >= 0.6 is 0 Å². The minimum absolute atomic E-state index is 1.05. The van der Waals surface area contributed by atoms with Gasteiger partial charge in [-0.05, 0) is 55.2 Å². The highest BCUT2D eigenvalue weighted by atomic mass is 14.7. The lowest BCUT2D eigenvalue weighted by Gasteiger charge is -2.11. The Bertz CT molecular complexity index is 724. The molecule has 0 saturated heterocycles. The van der Waals surface area contributed by atoms with Crippen molar-refractivity contribution in [2.45, 2.75) is 20.8 Å². The Morgan fingerprint density at radius 2 is 1.24 bits per heavy atom. The molecule has 0 N–H and O–H groups in total. The van der Waals surface area contributed by atoms with Crippen molar-refractivity contribution in [3.63, 3.8) is 0 Å². The molecule has 0 amide bonds. The fourth-order valence-electron chi connectivity index (χ4n) is 2.72. The molecule has 104 valence electrons. The fourth-order valence-corrected chi connectivity index (χ4v) is 2.72. The molecule has 3 aromatic rings. The number of aromatic nitrogens is 1. The molecule has 1 nitrogen and oxygen atoms in total. The molecule has 1 aromatic heterocycles. The minimum atomic E-state index is 1.05. The smallest absolute Gasteiger partial charge is 0.0714 e. The van der Waals surface area contributed by atoms with Crippen LogP contribution < -0.4 is 0 Å². The monoisotopic (exact) mass is 273 g/mol. The lowest BCUT2D eigenvalue weighted by Crippen LogP contribution is -1.92. The van der Waals surface area contributed by atoms with Gasteiger partial charge in [-0.2, -0.15) is 0 Å². The Morgan fingerprint density at radius 3 is 1.86 bits per heavy atom. The summed E-state index contributed by atoms with van der Waals surface area (Å²) in [6.45, 7) is 6.34. The second-order valence-corrected chi connectivity index (χ2v) is 5.51. The third-order valence-corrected chi connectivity index (χ3v) is 3.83. The van der Waals surface area contributed by atoms with Crippen molar-refractivity contribution in [2.75, 3.05) is 0 Å². The van der Waals surface area contributed by atoms with E-state index in [2.05, 4.69) is 81.4 Å². The highest BCUT2D eigenvalue weighted by molar-refractivity contribution is 5.74. The summed E-state index contributed by atoms with van der Waals surface area (Å²) >= 11 is 0. The van der Waals surface area contributed by atoms with E-state index >= 15 is 0 Å². The van der Waals surface area contributed by atoms with Gasteiger partial charge in [0.25, 0.3) is 0 Å². The van der Waals surface area contributed by atoms with Crippen molar-refractivity contribution in [3.05, 3.63) is 77.5 Å². The maximum atomic E-state index is 4.72. The van der Waals surface area contributed by atoms with Crippen molar-refractivity contribution in [2.24, 2.45) is 0 Å². The maximum absolute atomic E-state index is 4.72. The molecule has 2 aromatic carbocycles. The van der Waals surface area contributed by atoms with E-state index in [0.717, 1.165) is 11.4 Å². The molecule has 21 heavy (non-hydrogen) atoms. The number of benzene rings is 2. The molecule has 1 heterocycles. The van der Waals surface area contributed by atoms with E-state index in [0.29, 0.717) is 0 Å². The van der Waals surface area contributed by atoms with Gasteiger partial charge < -0.3 is 0 Å². The number of hydrogen-bond donors (Lipinski definition) is 0. The first-order chi connectivity index (χ1) is 10.1. The molecule has 0 spiro atoms. The van der Waals surface area contributed by atoms with Crippen LogP contribution in [0.25, 0.3) is 22.4 Å². The van der Waals surface area contributed by atoms with Crippen LogP contribution in [-0.2, 0) is 0 Å². The number of rotatable bonds is 2. The van der Waals surface area contributed by atoms with Crippen molar-refractivity contribution >= 4 is 0 Å². The second-order valence-electron chi connectivity index (χ2n) is 5.51. The molecule has 0 radical (unpaired) electrons. The first-order valence-corrected chi connectivity index (χ1v) is 7.26. The first kappa shape index (κ1) is 13.6. The van der Waals surface area contributed by atoms with E-state index < -0.39 is 0 Å². The summed E-state index contributed by atoms with van der Waals surface area (Å²) in [7, 11) is 0. The SMILES string of the molecule is Cc1cc(-c2ccccc2C)cc(-c2ccccc2C)n1. The van der Waals surface area contributed by atoms with Crippen LogP contribution in [0.4, 0.5) is 0 Å². The zero-order chi connectivity index (χ0) is 14.8. The highest BCUT2D eigenvalue weighted by Gasteiger charge is 2.08. The van der Waals surface area contributed by atoms with Crippen molar-refractivity contribution in [1.29, 1.82) is 0 Å². The molecule has 0 unspecified atom stereocenters. The first-order valence-electron chi connectivity index (χ1n) is 7.26. The van der Waals surface area contributed by atoms with Gasteiger partial charge in [-0.15, -0.1) is 0 Å². The second kappa shape index (κ2) is 5.53. The third kappa shape index (κ3) is 2.73. The molecule has 0 atom stereocenters. The fraction of sp³-hybridized carbons (Fsp3) is 0.150. The lowest BCUT2D eigenvalue weighted by molar-refractivity contribution is 1.20. The van der Waals surface area contributed by atoms with Crippen molar-refractivity contribution in [1.82, 2.24) is 4.98 Å². The highest BCUT2D eigenvalue weighted by Crippen LogP contribution is 2.29. The van der Waals surface area contributed by atoms with E-state index in [-0.39, 0.29) is 0 Å². The summed E-state index contributed by atoms with van der Waals surface area (Å²) < 4.78 is 0. The van der Waals surface area contributed by atoms with Crippen LogP contribution in [0, 0.1) is 20.8 Å². The van der Waals surface area contributed by atoms with Crippen molar-refractivity contribution in [3.8, 4) is 22.4 Å². The Kier molecular flexibility index (Phi) is 3.57. The van der Waals surface area contributed by atoms with Gasteiger partial charge in [0.05, 0.1) is 5.69 Å². The molecule has 0 aliphatic heterocycles. The van der Waals surface area contributed by atoms with Gasteiger partial charge in [-0.25, -0.2) is 0 Å². The summed E-state index contributed by atoms with van der Waals surface area (Å²) in [5.74, 6) is 0. The Morgan fingerprint density at radius 1 is 0.667 bits per heavy atom. The normalized spacial score (nSPS) is 10.6. The van der Waals surface area contributed by atoms with Gasteiger partial charge in [0.15, 0.2) is 0 Å². The number of nitrogens with zero attached hydrogens (tertiary/aromatic N) is 1. The average Bonchev–Trinajstić information content (AvgIpc) is 2.47. The predicted molar refractivity (Wildman–Crippen MR) is 89.3 cm³/mol. The van der Waals surface area contributed by atoms with Crippen LogP contribution in [0.1, 0.15) is 16.8 Å². The summed E-state index contributed by atoms with van der Waals surface area (Å²) in [5.41, 5.74) is 8.36. The summed E-state index contributed by atoms with van der Waals surface area (Å²) in [5, 5.41) is 0. The maximum Gasteiger partial charge on any atom is 0.0714 e. The lowest BCUT2D eigenvalue weighted by atomic mass is 9.97. The Balaban J connectivity index is 2.18. The Labute approximate surface area is 126 Å². The van der Waals surface area contributed by atoms with Crippen LogP contribution in [-0.4, -0.2) is 4.98 Å². The molecular formula is C20H19N. The molecule has 0 aliphatic carbocycles. The number of pyridine rings is 1. The molecule has 3 rings (SSSR count). The topological polar surface area (TPSA) is 12.9 Å². The van der Waals surface area contributed by atoms with Gasteiger partial charge in [0.1, 0.15) is 0 Å². The summed E-state index contributed by atoms with van der Waals surface area (Å²) in [6.07, 6.45) is 0. The molecule has 0 fully saturated rings. The third-order valence-electron chi connectivity index (χ3n) is 3.83. The average molecular weight is 273 g/mol. The summed E-state index contributed by atoms with van der Waals surface area (Å²) in [4.78, 5) is 4.72. The molecule has 1 heteroatoms. The largest absolute Gasteiger partial charge is 0.253 e. The standard InChI is InChI=1S/C20H19N/c1-14-8-4-6-10-18(14)17-12-16(3)21-20(13-17)19-11-7-5-9-15(19)2/h4-13H,1-3H3. The van der Waals surface area contributed by atoms with E-state index in [1.807, 2.05) is 0 Å². The zero-order valence-electron chi connectivity index (χ0n) is 12.7. The van der Waals surface area contributed by atoms with Crippen LogP contribution in [0.3, 0.4) is 0 Å². The molecule has 0 saturated carbocycles. The number of aryl methyl sites for hydroxylation is 3. The van der Waals surface area contributed by atoms with Gasteiger partial charge in [-0.1, -0.05) is 48.5 Å². The van der Waals surface area contributed by atoms with Gasteiger partial charge in [0.2, 0.25) is 0 Å². The van der Waals surface area contributed by atoms with E-state index in [9.17, 15) is 0 Å². The zero-order valence-corrected chi connectivity index (χ0v) is 12.7. The van der Waals surface area contributed by atoms with Gasteiger partial charge >= 0.3 is 0 Å². The molecular weight excluding hydrogens is 254 g/mol. The quantitative estimate of drug-likeness (QED) is 0.614. The van der Waals surface area contributed by atoms with Crippen LogP contribution in [0.5, 0.6) is 0 Å². The molecule has 0 aliphatic rings. The van der Waals surface area contributed by atoms with E-state index in [4.69, 9.17) is 4.98 Å². The molecule has 0 bridgehead atoms. The number of hydrogen-bond acceptors (Lipinski definition) is 1. The van der Waals surface area contributed by atoms with Crippen molar-refractivity contribution < 1.29 is 0 Å².